The summed E-state index contributed by atoms with van der Waals surface area (Å²) in [5.41, 5.74) is 1.71. The molecule has 0 bridgehead atoms. The summed E-state index contributed by atoms with van der Waals surface area (Å²) >= 11 is 0. The number of benzene rings is 1. The van der Waals surface area contributed by atoms with Gasteiger partial charge in [0.15, 0.2) is 0 Å². The van der Waals surface area contributed by atoms with Crippen LogP contribution in [0.4, 0.5) is 5.69 Å². The number of carbonyl (C=O) groups is 1. The molecule has 0 spiro atoms. The minimum Gasteiger partial charge on any atom is -0.462 e. The van der Waals surface area contributed by atoms with Gasteiger partial charge in [-0.1, -0.05) is 26.7 Å². The quantitative estimate of drug-likeness (QED) is 0.812. The van der Waals surface area contributed by atoms with Crippen molar-refractivity contribution in [3.8, 4) is 0 Å². The Labute approximate surface area is 128 Å². The van der Waals surface area contributed by atoms with E-state index in [1.165, 1.54) is 25.7 Å². The minimum atomic E-state index is -0.249. The number of anilines is 1. The van der Waals surface area contributed by atoms with Crippen molar-refractivity contribution >= 4 is 11.7 Å². The summed E-state index contributed by atoms with van der Waals surface area (Å²) in [6.45, 7) is 6.88. The number of esters is 1. The van der Waals surface area contributed by atoms with Gasteiger partial charge in [0.1, 0.15) is 0 Å². The lowest BCUT2D eigenvalue weighted by Crippen LogP contribution is -2.29. The van der Waals surface area contributed by atoms with Crippen molar-refractivity contribution < 1.29 is 9.53 Å². The van der Waals surface area contributed by atoms with E-state index in [4.69, 9.17) is 4.74 Å². The molecular weight excluding hydrogens is 262 g/mol. The molecule has 0 amide bonds. The molecule has 0 heterocycles. The third-order valence-corrected chi connectivity index (χ3v) is 4.42. The number of hydrogen-bond donors (Lipinski definition) is 1. The van der Waals surface area contributed by atoms with Gasteiger partial charge in [0.2, 0.25) is 0 Å². The second-order valence-corrected chi connectivity index (χ2v) is 6.31. The number of nitrogens with one attached hydrogen (secondary N) is 1. The molecule has 0 radical (unpaired) electrons. The Kier molecular flexibility index (Phi) is 5.66. The van der Waals surface area contributed by atoms with Crippen LogP contribution in [-0.4, -0.2) is 18.6 Å². The molecule has 2 unspecified atom stereocenters. The van der Waals surface area contributed by atoms with Gasteiger partial charge in [-0.3, -0.25) is 0 Å². The van der Waals surface area contributed by atoms with Gasteiger partial charge in [0.25, 0.3) is 0 Å². The van der Waals surface area contributed by atoms with Gasteiger partial charge in [0, 0.05) is 11.7 Å². The Hall–Kier alpha value is -1.51. The second kappa shape index (κ2) is 7.48. The van der Waals surface area contributed by atoms with Gasteiger partial charge in [-0.15, -0.1) is 0 Å². The second-order valence-electron chi connectivity index (χ2n) is 6.31. The highest BCUT2D eigenvalue weighted by Gasteiger charge is 2.23. The molecule has 3 nitrogen and oxygen atoms in total. The highest BCUT2D eigenvalue weighted by atomic mass is 16.5. The van der Waals surface area contributed by atoms with Crippen LogP contribution >= 0.6 is 0 Å². The molecular formula is C18H27NO2. The average molecular weight is 289 g/mol. The molecule has 1 fully saturated rings. The number of carbonyl (C=O) groups excluding carboxylic acids is 1. The molecule has 1 aromatic carbocycles. The van der Waals surface area contributed by atoms with Crippen molar-refractivity contribution in [3.63, 3.8) is 0 Å². The molecule has 0 aromatic heterocycles. The zero-order valence-electron chi connectivity index (χ0n) is 13.4. The predicted octanol–water partition coefficient (Wildman–Crippen LogP) is 4.49. The molecule has 1 saturated carbocycles. The molecule has 2 rings (SSSR count). The van der Waals surface area contributed by atoms with Crippen LogP contribution in [0.3, 0.4) is 0 Å². The normalized spacial score (nSPS) is 22.1. The Morgan fingerprint density at radius 2 is 2.00 bits per heavy atom. The van der Waals surface area contributed by atoms with Crippen LogP contribution in [0.5, 0.6) is 0 Å². The number of rotatable bonds is 5. The Morgan fingerprint density at radius 3 is 2.62 bits per heavy atom. The van der Waals surface area contributed by atoms with E-state index in [2.05, 4.69) is 19.2 Å². The van der Waals surface area contributed by atoms with E-state index in [9.17, 15) is 4.79 Å². The lowest BCUT2D eigenvalue weighted by Gasteiger charge is -2.32. The van der Waals surface area contributed by atoms with Crippen LogP contribution in [0.15, 0.2) is 24.3 Å². The summed E-state index contributed by atoms with van der Waals surface area (Å²) in [6, 6.07) is 8.18. The summed E-state index contributed by atoms with van der Waals surface area (Å²) in [7, 11) is 0. The highest BCUT2D eigenvalue weighted by Crippen LogP contribution is 2.31. The molecule has 21 heavy (non-hydrogen) atoms. The average Bonchev–Trinajstić information content (AvgIpc) is 2.48. The molecule has 1 N–H and O–H groups in total. The monoisotopic (exact) mass is 289 g/mol. The van der Waals surface area contributed by atoms with E-state index in [-0.39, 0.29) is 5.97 Å². The fourth-order valence-corrected chi connectivity index (χ4v) is 3.12. The smallest absolute Gasteiger partial charge is 0.338 e. The third-order valence-electron chi connectivity index (χ3n) is 4.42. The summed E-state index contributed by atoms with van der Waals surface area (Å²) in [5.74, 6) is 1.34. The van der Waals surface area contributed by atoms with Gasteiger partial charge in [-0.25, -0.2) is 4.79 Å². The van der Waals surface area contributed by atoms with E-state index < -0.39 is 0 Å². The van der Waals surface area contributed by atoms with Crippen molar-refractivity contribution in [1.29, 1.82) is 0 Å². The van der Waals surface area contributed by atoms with Crippen LogP contribution in [-0.2, 0) is 4.74 Å². The maximum atomic E-state index is 11.6. The molecule has 116 valence electrons. The first kappa shape index (κ1) is 15.9. The van der Waals surface area contributed by atoms with E-state index in [0.29, 0.717) is 18.2 Å². The maximum absolute atomic E-state index is 11.6. The number of hydrogen-bond acceptors (Lipinski definition) is 3. The first-order chi connectivity index (χ1) is 10.1. The van der Waals surface area contributed by atoms with Crippen molar-refractivity contribution in [2.24, 2.45) is 11.8 Å². The van der Waals surface area contributed by atoms with E-state index in [1.807, 2.05) is 31.2 Å². The van der Waals surface area contributed by atoms with Crippen molar-refractivity contribution in [3.05, 3.63) is 29.8 Å². The van der Waals surface area contributed by atoms with Crippen LogP contribution in [0.2, 0.25) is 0 Å². The Balaban J connectivity index is 1.92. The number of ether oxygens (including phenoxy) is 1. The summed E-state index contributed by atoms with van der Waals surface area (Å²) < 4.78 is 5.00. The Morgan fingerprint density at radius 1 is 1.29 bits per heavy atom. The van der Waals surface area contributed by atoms with Crippen LogP contribution in [0.1, 0.15) is 56.8 Å². The molecule has 3 heteroatoms. The zero-order chi connectivity index (χ0) is 15.2. The topological polar surface area (TPSA) is 38.3 Å². The lowest BCUT2D eigenvalue weighted by atomic mass is 9.79. The van der Waals surface area contributed by atoms with Crippen LogP contribution in [0.25, 0.3) is 0 Å². The standard InChI is InChI=1S/C18H27NO2/c1-4-21-18(20)14-8-10-16(11-9-14)19-17-7-5-6-15(12-17)13(2)3/h8-11,13,15,17,19H,4-7,12H2,1-3H3. The first-order valence-electron chi connectivity index (χ1n) is 8.14. The molecule has 1 aliphatic rings. The van der Waals surface area contributed by atoms with E-state index in [1.54, 1.807) is 0 Å². The van der Waals surface area contributed by atoms with Crippen LogP contribution < -0.4 is 5.32 Å². The predicted molar refractivity (Wildman–Crippen MR) is 86.6 cm³/mol. The van der Waals surface area contributed by atoms with E-state index >= 15 is 0 Å². The van der Waals surface area contributed by atoms with Gasteiger partial charge in [-0.2, -0.15) is 0 Å². The molecule has 1 aliphatic carbocycles. The largest absolute Gasteiger partial charge is 0.462 e. The lowest BCUT2D eigenvalue weighted by molar-refractivity contribution is 0.0526. The summed E-state index contributed by atoms with van der Waals surface area (Å²) in [5, 5.41) is 3.61. The highest BCUT2D eigenvalue weighted by molar-refractivity contribution is 5.89. The fraction of sp³-hybridized carbons (Fsp3) is 0.611. The molecule has 1 aromatic rings. The Bertz CT molecular complexity index is 453. The summed E-state index contributed by atoms with van der Waals surface area (Å²) in [4.78, 5) is 11.6. The van der Waals surface area contributed by atoms with Gasteiger partial charge >= 0.3 is 5.97 Å². The maximum Gasteiger partial charge on any atom is 0.338 e. The third kappa shape index (κ3) is 4.48. The molecule has 0 aliphatic heterocycles. The van der Waals surface area contributed by atoms with Gasteiger partial charge in [0.05, 0.1) is 12.2 Å². The first-order valence-corrected chi connectivity index (χ1v) is 8.14. The van der Waals surface area contributed by atoms with Gasteiger partial charge < -0.3 is 10.1 Å². The SMILES string of the molecule is CCOC(=O)c1ccc(NC2CCCC(C(C)C)C2)cc1. The van der Waals surface area contributed by atoms with Gasteiger partial charge in [-0.05, 0) is 55.9 Å². The molecule has 2 atom stereocenters. The van der Waals surface area contributed by atoms with Crippen molar-refractivity contribution in [2.75, 3.05) is 11.9 Å². The van der Waals surface area contributed by atoms with Crippen molar-refractivity contribution in [1.82, 2.24) is 0 Å². The fourth-order valence-electron chi connectivity index (χ4n) is 3.12. The summed E-state index contributed by atoms with van der Waals surface area (Å²) in [6.07, 6.45) is 5.15. The molecule has 0 saturated heterocycles. The van der Waals surface area contributed by atoms with Crippen LogP contribution in [0, 0.1) is 11.8 Å². The van der Waals surface area contributed by atoms with E-state index in [0.717, 1.165) is 17.5 Å². The minimum absolute atomic E-state index is 0.249. The zero-order valence-corrected chi connectivity index (χ0v) is 13.4. The van der Waals surface area contributed by atoms with Crippen molar-refractivity contribution in [2.45, 2.75) is 52.5 Å².